The Labute approximate surface area is 63.7 Å². The van der Waals surface area contributed by atoms with E-state index in [0.29, 0.717) is 0 Å². The second-order valence-electron chi connectivity index (χ2n) is 3.42. The van der Waals surface area contributed by atoms with E-state index in [9.17, 15) is 0 Å². The number of nitrogens with zero attached hydrogens (tertiary/aromatic N) is 1. The first-order chi connectivity index (χ1) is 4.74. The normalized spacial score (nSPS) is 34.0. The maximum atomic E-state index is 3.77. The Morgan fingerprint density at radius 2 is 2.10 bits per heavy atom. The van der Waals surface area contributed by atoms with Gasteiger partial charge in [0.05, 0.1) is 0 Å². The Kier molecular flexibility index (Phi) is 2.36. The fourth-order valence-electron chi connectivity index (χ4n) is 1.46. The van der Waals surface area contributed by atoms with E-state index in [1.807, 2.05) is 6.20 Å². The third-order valence-electron chi connectivity index (χ3n) is 2.62. The van der Waals surface area contributed by atoms with E-state index < -0.39 is 0 Å². The summed E-state index contributed by atoms with van der Waals surface area (Å²) in [6, 6.07) is 0. The van der Waals surface area contributed by atoms with Crippen LogP contribution in [-0.2, 0) is 0 Å². The molecule has 1 aliphatic heterocycles. The van der Waals surface area contributed by atoms with Crippen LogP contribution in [0.3, 0.4) is 0 Å². The van der Waals surface area contributed by atoms with Gasteiger partial charge in [-0.2, -0.15) is 0 Å². The first-order valence-corrected chi connectivity index (χ1v) is 4.10. The van der Waals surface area contributed by atoms with E-state index in [1.165, 1.54) is 19.5 Å². The highest BCUT2D eigenvalue weighted by Crippen LogP contribution is 2.21. The topological polar surface area (TPSA) is 3.24 Å². The Hall–Kier alpha value is -0.460. The van der Waals surface area contributed by atoms with Gasteiger partial charge in [-0.3, -0.25) is 0 Å². The van der Waals surface area contributed by atoms with Crippen LogP contribution >= 0.6 is 0 Å². The van der Waals surface area contributed by atoms with Crippen molar-refractivity contribution in [3.63, 3.8) is 0 Å². The van der Waals surface area contributed by atoms with Gasteiger partial charge >= 0.3 is 0 Å². The van der Waals surface area contributed by atoms with Gasteiger partial charge in [0.1, 0.15) is 0 Å². The highest BCUT2D eigenvalue weighted by Gasteiger charge is 2.19. The van der Waals surface area contributed by atoms with Gasteiger partial charge in [-0.15, -0.1) is 0 Å². The summed E-state index contributed by atoms with van der Waals surface area (Å²) in [5.41, 5.74) is 0. The standard InChI is InChI=1S/C9H17N/c1-4-10-6-5-8(2)9(3)7-10/h4,8-9H,1,5-7H2,2-3H3. The van der Waals surface area contributed by atoms with E-state index in [1.54, 1.807) is 0 Å². The van der Waals surface area contributed by atoms with Crippen LogP contribution in [0, 0.1) is 11.8 Å². The smallest absolute Gasteiger partial charge is 0.0200 e. The molecule has 0 radical (unpaired) electrons. The molecule has 0 amide bonds. The molecule has 1 rings (SSSR count). The highest BCUT2D eigenvalue weighted by molar-refractivity contribution is 4.80. The van der Waals surface area contributed by atoms with Crippen LogP contribution in [0.2, 0.25) is 0 Å². The van der Waals surface area contributed by atoms with E-state index in [-0.39, 0.29) is 0 Å². The molecule has 0 aliphatic carbocycles. The van der Waals surface area contributed by atoms with Crippen molar-refractivity contribution in [2.75, 3.05) is 13.1 Å². The summed E-state index contributed by atoms with van der Waals surface area (Å²) < 4.78 is 0. The van der Waals surface area contributed by atoms with Gasteiger partial charge in [-0.1, -0.05) is 20.4 Å². The van der Waals surface area contributed by atoms with Crippen molar-refractivity contribution in [1.29, 1.82) is 0 Å². The molecule has 0 spiro atoms. The number of piperidine rings is 1. The summed E-state index contributed by atoms with van der Waals surface area (Å²) in [5.74, 6) is 1.74. The van der Waals surface area contributed by atoms with Crippen molar-refractivity contribution in [3.05, 3.63) is 12.8 Å². The first-order valence-electron chi connectivity index (χ1n) is 4.10. The molecule has 0 N–H and O–H groups in total. The lowest BCUT2D eigenvalue weighted by Gasteiger charge is -2.34. The fraction of sp³-hybridized carbons (Fsp3) is 0.778. The molecule has 0 aromatic heterocycles. The van der Waals surface area contributed by atoms with Gasteiger partial charge in [0.2, 0.25) is 0 Å². The fourth-order valence-corrected chi connectivity index (χ4v) is 1.46. The van der Waals surface area contributed by atoms with Gasteiger partial charge in [0.25, 0.3) is 0 Å². The van der Waals surface area contributed by atoms with Gasteiger partial charge in [-0.25, -0.2) is 0 Å². The second-order valence-corrected chi connectivity index (χ2v) is 3.42. The minimum Gasteiger partial charge on any atom is -0.378 e. The molecule has 58 valence electrons. The lowest BCUT2D eigenvalue weighted by Crippen LogP contribution is -2.34. The molecule has 1 heterocycles. The number of hydrogen-bond donors (Lipinski definition) is 0. The number of hydrogen-bond acceptors (Lipinski definition) is 1. The minimum atomic E-state index is 0.840. The molecule has 2 atom stereocenters. The Morgan fingerprint density at radius 1 is 1.40 bits per heavy atom. The van der Waals surface area contributed by atoms with Crippen LogP contribution in [-0.4, -0.2) is 18.0 Å². The molecule has 0 saturated carbocycles. The molecule has 1 nitrogen and oxygen atoms in total. The molecular weight excluding hydrogens is 122 g/mol. The summed E-state index contributed by atoms with van der Waals surface area (Å²) in [4.78, 5) is 2.31. The van der Waals surface area contributed by atoms with Crippen LogP contribution in [0.4, 0.5) is 0 Å². The lowest BCUT2D eigenvalue weighted by atomic mass is 9.89. The number of likely N-dealkylation sites (tertiary alicyclic amines) is 1. The third kappa shape index (κ3) is 1.53. The van der Waals surface area contributed by atoms with Crippen molar-refractivity contribution < 1.29 is 0 Å². The molecule has 0 aromatic rings. The molecule has 1 heteroatoms. The molecule has 10 heavy (non-hydrogen) atoms. The van der Waals surface area contributed by atoms with Crippen LogP contribution < -0.4 is 0 Å². The Balaban J connectivity index is 2.40. The van der Waals surface area contributed by atoms with Crippen molar-refractivity contribution in [3.8, 4) is 0 Å². The van der Waals surface area contributed by atoms with E-state index in [4.69, 9.17) is 0 Å². The zero-order valence-electron chi connectivity index (χ0n) is 7.01. The Morgan fingerprint density at radius 3 is 2.60 bits per heavy atom. The molecule has 2 unspecified atom stereocenters. The van der Waals surface area contributed by atoms with Crippen molar-refractivity contribution in [2.24, 2.45) is 11.8 Å². The average Bonchev–Trinajstić information content (AvgIpc) is 1.95. The molecule has 1 saturated heterocycles. The zero-order valence-corrected chi connectivity index (χ0v) is 7.01. The summed E-state index contributed by atoms with van der Waals surface area (Å²) in [5, 5.41) is 0. The van der Waals surface area contributed by atoms with Crippen LogP contribution in [0.5, 0.6) is 0 Å². The van der Waals surface area contributed by atoms with Crippen LogP contribution in [0.15, 0.2) is 12.8 Å². The monoisotopic (exact) mass is 139 g/mol. The summed E-state index contributed by atoms with van der Waals surface area (Å²) in [6.45, 7) is 10.8. The van der Waals surface area contributed by atoms with Crippen LogP contribution in [0.25, 0.3) is 0 Å². The molecule has 1 fully saturated rings. The molecule has 0 bridgehead atoms. The van der Waals surface area contributed by atoms with Gasteiger partial charge in [0, 0.05) is 13.1 Å². The van der Waals surface area contributed by atoms with Gasteiger partial charge in [0.15, 0.2) is 0 Å². The minimum absolute atomic E-state index is 0.840. The predicted molar refractivity (Wildman–Crippen MR) is 44.7 cm³/mol. The lowest BCUT2D eigenvalue weighted by molar-refractivity contribution is 0.186. The molecular formula is C9H17N. The average molecular weight is 139 g/mol. The predicted octanol–water partition coefficient (Wildman–Crippen LogP) is 2.11. The summed E-state index contributed by atoms with van der Waals surface area (Å²) >= 11 is 0. The van der Waals surface area contributed by atoms with E-state index >= 15 is 0 Å². The van der Waals surface area contributed by atoms with Crippen molar-refractivity contribution in [1.82, 2.24) is 4.90 Å². The second kappa shape index (κ2) is 3.09. The van der Waals surface area contributed by atoms with Crippen molar-refractivity contribution >= 4 is 0 Å². The van der Waals surface area contributed by atoms with Crippen molar-refractivity contribution in [2.45, 2.75) is 20.3 Å². The SMILES string of the molecule is C=CN1CCC(C)C(C)C1. The Bertz CT molecular complexity index is 120. The highest BCUT2D eigenvalue weighted by atomic mass is 15.1. The third-order valence-corrected chi connectivity index (χ3v) is 2.62. The van der Waals surface area contributed by atoms with Gasteiger partial charge in [-0.05, 0) is 24.5 Å². The quantitative estimate of drug-likeness (QED) is 0.538. The first kappa shape index (κ1) is 7.64. The van der Waals surface area contributed by atoms with Crippen LogP contribution in [0.1, 0.15) is 20.3 Å². The summed E-state index contributed by atoms with van der Waals surface area (Å²) in [7, 11) is 0. The maximum absolute atomic E-state index is 3.77. The maximum Gasteiger partial charge on any atom is 0.0200 e. The van der Waals surface area contributed by atoms with E-state index in [0.717, 1.165) is 11.8 Å². The zero-order chi connectivity index (χ0) is 7.56. The van der Waals surface area contributed by atoms with Gasteiger partial charge < -0.3 is 4.90 Å². The largest absolute Gasteiger partial charge is 0.378 e. The number of rotatable bonds is 1. The van der Waals surface area contributed by atoms with E-state index in [2.05, 4.69) is 25.3 Å². The molecule has 0 aromatic carbocycles. The summed E-state index contributed by atoms with van der Waals surface area (Å²) in [6.07, 6.45) is 3.29. The molecule has 1 aliphatic rings.